The van der Waals surface area contributed by atoms with Crippen LogP contribution < -0.4 is 4.74 Å². The summed E-state index contributed by atoms with van der Waals surface area (Å²) in [5, 5.41) is 8.52. The van der Waals surface area contributed by atoms with Crippen molar-refractivity contribution in [1.29, 1.82) is 0 Å². The monoisotopic (exact) mass is 600 g/mol. The van der Waals surface area contributed by atoms with E-state index in [0.717, 1.165) is 10.6 Å². The van der Waals surface area contributed by atoms with Gasteiger partial charge in [0.05, 0.1) is 0 Å². The van der Waals surface area contributed by atoms with Crippen molar-refractivity contribution in [3.8, 4) is 5.75 Å². The fourth-order valence-corrected chi connectivity index (χ4v) is 3.07. The van der Waals surface area contributed by atoms with Crippen LogP contribution in [-0.4, -0.2) is 18.0 Å². The van der Waals surface area contributed by atoms with Crippen molar-refractivity contribution in [2.75, 3.05) is 5.75 Å². The third kappa shape index (κ3) is 6.12. The number of carbonyl (C=O) groups is 1. The van der Waals surface area contributed by atoms with Crippen molar-refractivity contribution >= 4 is 17.7 Å². The van der Waals surface area contributed by atoms with Gasteiger partial charge < -0.3 is 0 Å². The second-order valence-corrected chi connectivity index (χ2v) is 28.5. The summed E-state index contributed by atoms with van der Waals surface area (Å²) in [7, 11) is 0. The molecule has 6 heteroatoms. The molecule has 1 N–H and O–H groups in total. The minimum atomic E-state index is -0.788. The Morgan fingerprint density at radius 3 is 2.47 bits per heavy atom. The molecule has 0 aromatic heterocycles. The molecular formula is C9H8Hg2O3S. The van der Waals surface area contributed by atoms with Crippen molar-refractivity contribution in [3.05, 3.63) is 24.3 Å². The van der Waals surface area contributed by atoms with E-state index in [1.807, 2.05) is 24.3 Å². The molecule has 15 heavy (non-hydrogen) atoms. The van der Waals surface area contributed by atoms with Crippen molar-refractivity contribution in [2.24, 2.45) is 0 Å². The summed E-state index contributed by atoms with van der Waals surface area (Å²) in [5.41, 5.74) is 0. The van der Waals surface area contributed by atoms with Gasteiger partial charge in [-0.1, -0.05) is 0 Å². The summed E-state index contributed by atoms with van der Waals surface area (Å²) < 4.78 is 6.19. The first-order valence-electron chi connectivity index (χ1n) is 4.35. The number of hydrogen-bond acceptors (Lipinski definition) is 3. The zero-order chi connectivity index (χ0) is 11.3. The van der Waals surface area contributed by atoms with Gasteiger partial charge in [-0.15, -0.1) is 0 Å². The van der Waals surface area contributed by atoms with Crippen LogP contribution in [0.5, 0.6) is 5.75 Å². The van der Waals surface area contributed by atoms with Crippen molar-refractivity contribution in [2.45, 2.75) is 6.02 Å². The summed E-state index contributed by atoms with van der Waals surface area (Å²) >= 11 is 2.71. The maximum atomic E-state index is 10.4. The molecule has 0 fully saturated rings. The Hall–Kier alpha value is 0.710. The van der Waals surface area contributed by atoms with Crippen molar-refractivity contribution < 1.29 is 66.9 Å². The molecule has 0 saturated carbocycles. The Bertz CT molecular complexity index is 327. The summed E-state index contributed by atoms with van der Waals surface area (Å²) in [6.07, 6.45) is 0. The van der Waals surface area contributed by atoms with E-state index in [4.69, 9.17) is 9.84 Å². The van der Waals surface area contributed by atoms with Crippen molar-refractivity contribution in [3.63, 3.8) is 0 Å². The molecule has 1 rings (SSSR count). The summed E-state index contributed by atoms with van der Waals surface area (Å²) in [6, 6.07) is 7.65. The van der Waals surface area contributed by atoms with Crippen LogP contribution >= 0.6 is 11.8 Å². The topological polar surface area (TPSA) is 46.5 Å². The SMILES string of the molecule is O=C(O)CSc1ccc(O[CH]([Hg])[Hg])cc1. The van der Waals surface area contributed by atoms with Gasteiger partial charge in [0.25, 0.3) is 0 Å². The summed E-state index contributed by atoms with van der Waals surface area (Å²) in [6.45, 7) is 0. The third-order valence-electron chi connectivity index (χ3n) is 1.49. The normalized spacial score (nSPS) is 10.5. The Labute approximate surface area is 125 Å². The fraction of sp³-hybridized carbons (Fsp3) is 0.222. The van der Waals surface area contributed by atoms with E-state index >= 15 is 0 Å². The molecule has 1 aromatic carbocycles. The quantitative estimate of drug-likeness (QED) is 0.415. The van der Waals surface area contributed by atoms with Gasteiger partial charge in [-0.3, -0.25) is 0 Å². The van der Waals surface area contributed by atoms with Crippen LogP contribution in [-0.2, 0) is 57.0 Å². The summed E-state index contributed by atoms with van der Waals surface area (Å²) in [5.74, 6) is 0.226. The van der Waals surface area contributed by atoms with Crippen LogP contribution in [0.1, 0.15) is 0 Å². The molecule has 0 atom stereocenters. The standard InChI is InChI=1S/C9H8O3S.2Hg/c1-12-7-2-4-8(5-3-7)13-6-9(10)11;;/h1-5H,6H2,(H,10,11);;. The zero-order valence-electron chi connectivity index (χ0n) is 8.18. The fourth-order valence-electron chi connectivity index (χ4n) is 0.952. The molecule has 0 amide bonds. The van der Waals surface area contributed by atoms with Gasteiger partial charge in [0.15, 0.2) is 0 Å². The molecule has 0 unspecified atom stereocenters. The van der Waals surface area contributed by atoms with Crippen LogP contribution in [0.3, 0.4) is 0 Å². The Morgan fingerprint density at radius 1 is 1.40 bits per heavy atom. The molecule has 0 heterocycles. The Kier molecular flexibility index (Phi) is 6.54. The zero-order valence-corrected chi connectivity index (χ0v) is 20.0. The number of carboxylic acid groups (broad SMARTS) is 1. The predicted octanol–water partition coefficient (Wildman–Crippen LogP) is 1.62. The first-order chi connectivity index (χ1) is 7.08. The van der Waals surface area contributed by atoms with Crippen LogP contribution in [0.4, 0.5) is 0 Å². The molecule has 0 radical (unpaired) electrons. The molecule has 0 spiro atoms. The van der Waals surface area contributed by atoms with Gasteiger partial charge in [0.2, 0.25) is 0 Å². The number of hydrogen-bond donors (Lipinski definition) is 1. The molecule has 3 nitrogen and oxygen atoms in total. The molecule has 0 saturated heterocycles. The van der Waals surface area contributed by atoms with E-state index < -0.39 is 5.97 Å². The van der Waals surface area contributed by atoms with Crippen LogP contribution in [0, 0.1) is 0 Å². The number of ether oxygens (including phenoxy) is 1. The number of carboxylic acids is 1. The molecule has 0 bridgehead atoms. The third-order valence-corrected chi connectivity index (χ3v) is 3.78. The van der Waals surface area contributed by atoms with Gasteiger partial charge in [0, 0.05) is 0 Å². The molecular weight excluding hydrogens is 589 g/mol. The average Bonchev–Trinajstić information content (AvgIpc) is 2.16. The van der Waals surface area contributed by atoms with Crippen LogP contribution in [0.15, 0.2) is 29.2 Å². The Morgan fingerprint density at radius 2 is 2.00 bits per heavy atom. The predicted molar refractivity (Wildman–Crippen MR) is 49.2 cm³/mol. The van der Waals surface area contributed by atoms with Crippen LogP contribution in [0.2, 0.25) is 0 Å². The number of aliphatic carboxylic acids is 1. The van der Waals surface area contributed by atoms with E-state index in [0.29, 0.717) is 53.4 Å². The number of rotatable bonds is 5. The molecule has 72 valence electrons. The van der Waals surface area contributed by atoms with Gasteiger partial charge in [-0.25, -0.2) is 0 Å². The molecule has 1 aromatic rings. The van der Waals surface area contributed by atoms with Crippen molar-refractivity contribution in [1.82, 2.24) is 0 Å². The van der Waals surface area contributed by atoms with E-state index in [2.05, 4.69) is 0 Å². The molecule has 0 aliphatic rings. The maximum absolute atomic E-state index is 10.4. The molecule has 0 aliphatic carbocycles. The number of benzene rings is 1. The first kappa shape index (κ1) is 13.8. The average molecular weight is 597 g/mol. The second-order valence-electron chi connectivity index (χ2n) is 2.89. The van der Waals surface area contributed by atoms with E-state index in [1.165, 1.54) is 11.8 Å². The first-order valence-corrected chi connectivity index (χ1v) is 11.7. The van der Waals surface area contributed by atoms with Gasteiger partial charge >= 0.3 is 126 Å². The van der Waals surface area contributed by atoms with E-state index in [1.54, 1.807) is 0 Å². The van der Waals surface area contributed by atoms with E-state index in [9.17, 15) is 4.79 Å². The second kappa shape index (κ2) is 7.12. The number of thioether (sulfide) groups is 1. The minimum absolute atomic E-state index is 0.107. The van der Waals surface area contributed by atoms with Gasteiger partial charge in [0.1, 0.15) is 0 Å². The van der Waals surface area contributed by atoms with Crippen LogP contribution in [0.25, 0.3) is 0 Å². The Balaban J connectivity index is 2.52. The molecule has 0 aliphatic heterocycles. The van der Waals surface area contributed by atoms with Gasteiger partial charge in [-0.2, -0.15) is 0 Å². The summed E-state index contributed by atoms with van der Waals surface area (Å²) in [4.78, 5) is 11.3. The van der Waals surface area contributed by atoms with E-state index in [-0.39, 0.29) is 5.75 Å². The van der Waals surface area contributed by atoms with Gasteiger partial charge in [-0.05, 0) is 0 Å².